The van der Waals surface area contributed by atoms with Gasteiger partial charge >= 0.3 is 6.18 Å². The number of halogens is 3. The maximum absolute atomic E-state index is 13.5. The summed E-state index contributed by atoms with van der Waals surface area (Å²) >= 11 is 0. The van der Waals surface area contributed by atoms with Crippen LogP contribution in [0.15, 0.2) is 16.5 Å². The first-order chi connectivity index (χ1) is 11.7. The van der Waals surface area contributed by atoms with Gasteiger partial charge in [0.15, 0.2) is 11.5 Å². The van der Waals surface area contributed by atoms with Gasteiger partial charge in [-0.25, -0.2) is 4.98 Å². The minimum Gasteiger partial charge on any atom is -0.440 e. The van der Waals surface area contributed by atoms with Gasteiger partial charge < -0.3 is 9.52 Å². The van der Waals surface area contributed by atoms with E-state index in [0.717, 1.165) is 25.3 Å². The molecule has 0 amide bonds. The Bertz CT molecular complexity index is 755. The Morgan fingerprint density at radius 1 is 1.32 bits per heavy atom. The fourth-order valence-electron chi connectivity index (χ4n) is 3.50. The van der Waals surface area contributed by atoms with Crippen LogP contribution in [0, 0.1) is 0 Å². The number of aliphatic hydroxyl groups excluding tert-OH is 1. The molecule has 1 aromatic heterocycles. The molecule has 1 fully saturated rings. The molecule has 4 nitrogen and oxygen atoms in total. The lowest BCUT2D eigenvalue weighted by molar-refractivity contribution is -0.136. The predicted octanol–water partition coefficient (Wildman–Crippen LogP) is 4.32. The zero-order chi connectivity index (χ0) is 18.4. The highest BCUT2D eigenvalue weighted by atomic mass is 19.4. The van der Waals surface area contributed by atoms with Gasteiger partial charge in [0.25, 0.3) is 0 Å². The first-order valence-corrected chi connectivity index (χ1v) is 8.55. The van der Waals surface area contributed by atoms with Crippen LogP contribution in [0.25, 0.3) is 11.1 Å². The lowest BCUT2D eigenvalue weighted by Crippen LogP contribution is -2.37. The molecule has 1 N–H and O–H groups in total. The molecule has 1 heterocycles. The number of hydrogen-bond acceptors (Lipinski definition) is 4. The number of oxazole rings is 1. The van der Waals surface area contributed by atoms with Crippen molar-refractivity contribution in [2.75, 3.05) is 7.05 Å². The molecule has 0 radical (unpaired) electrons. The molecule has 1 aromatic carbocycles. The topological polar surface area (TPSA) is 49.5 Å². The normalized spacial score (nSPS) is 21.8. The summed E-state index contributed by atoms with van der Waals surface area (Å²) in [5.41, 5.74) is -0.248. The van der Waals surface area contributed by atoms with Crippen LogP contribution in [-0.2, 0) is 12.7 Å². The van der Waals surface area contributed by atoms with Crippen molar-refractivity contribution in [1.82, 2.24) is 9.88 Å². The summed E-state index contributed by atoms with van der Waals surface area (Å²) in [6, 6.07) is 2.77. The van der Waals surface area contributed by atoms with Gasteiger partial charge in [0, 0.05) is 18.5 Å². The molecular weight excluding hydrogens is 333 g/mol. The molecule has 0 saturated heterocycles. The van der Waals surface area contributed by atoms with Crippen molar-refractivity contribution < 1.29 is 22.7 Å². The van der Waals surface area contributed by atoms with E-state index < -0.39 is 17.8 Å². The van der Waals surface area contributed by atoms with Gasteiger partial charge in [0.05, 0.1) is 6.10 Å². The van der Waals surface area contributed by atoms with Gasteiger partial charge in [-0.05, 0) is 44.0 Å². The third kappa shape index (κ3) is 3.67. The highest BCUT2D eigenvalue weighted by Crippen LogP contribution is 2.37. The van der Waals surface area contributed by atoms with E-state index in [1.165, 1.54) is 0 Å². The molecule has 2 atom stereocenters. The first kappa shape index (κ1) is 18.2. The third-order valence-electron chi connectivity index (χ3n) is 4.81. The molecule has 0 unspecified atom stereocenters. The minimum absolute atomic E-state index is 0.0198. The zero-order valence-corrected chi connectivity index (χ0v) is 14.6. The number of aromatic nitrogens is 1. The Balaban J connectivity index is 1.98. The van der Waals surface area contributed by atoms with Crippen molar-refractivity contribution in [3.63, 3.8) is 0 Å². The summed E-state index contributed by atoms with van der Waals surface area (Å²) in [6.07, 6.45) is -2.40. The third-order valence-corrected chi connectivity index (χ3v) is 4.81. The highest BCUT2D eigenvalue weighted by molar-refractivity contribution is 5.78. The summed E-state index contributed by atoms with van der Waals surface area (Å²) in [6.45, 7) is 3.98. The van der Waals surface area contributed by atoms with E-state index >= 15 is 0 Å². The summed E-state index contributed by atoms with van der Waals surface area (Å²) in [5, 5.41) is 10.0. The van der Waals surface area contributed by atoms with E-state index in [2.05, 4.69) is 4.98 Å². The van der Waals surface area contributed by atoms with Crippen molar-refractivity contribution in [3.05, 3.63) is 29.2 Å². The number of rotatable bonds is 4. The summed E-state index contributed by atoms with van der Waals surface area (Å²) in [4.78, 5) is 6.15. The highest BCUT2D eigenvalue weighted by Gasteiger charge is 2.36. The number of nitrogens with zero attached hydrogens (tertiary/aromatic N) is 2. The average Bonchev–Trinajstić information content (AvgIpc) is 3.11. The maximum atomic E-state index is 13.5. The predicted molar refractivity (Wildman–Crippen MR) is 88.2 cm³/mol. The Labute approximate surface area is 144 Å². The second-order valence-corrected chi connectivity index (χ2v) is 7.18. The monoisotopic (exact) mass is 356 g/mol. The van der Waals surface area contributed by atoms with Crippen molar-refractivity contribution in [3.8, 4) is 0 Å². The second kappa shape index (κ2) is 6.61. The van der Waals surface area contributed by atoms with Gasteiger partial charge in [-0.1, -0.05) is 13.8 Å². The quantitative estimate of drug-likeness (QED) is 0.887. The molecule has 138 valence electrons. The van der Waals surface area contributed by atoms with E-state index in [-0.39, 0.29) is 23.1 Å². The van der Waals surface area contributed by atoms with E-state index in [0.29, 0.717) is 18.0 Å². The molecule has 7 heteroatoms. The van der Waals surface area contributed by atoms with E-state index in [4.69, 9.17) is 4.42 Å². The largest absolute Gasteiger partial charge is 0.440 e. The van der Waals surface area contributed by atoms with Gasteiger partial charge in [0.1, 0.15) is 11.1 Å². The minimum atomic E-state index is -4.51. The molecule has 0 aliphatic heterocycles. The second-order valence-electron chi connectivity index (χ2n) is 7.18. The fraction of sp³-hybridized carbons (Fsp3) is 0.611. The van der Waals surface area contributed by atoms with Crippen molar-refractivity contribution >= 4 is 11.1 Å². The molecule has 1 aliphatic carbocycles. The van der Waals surface area contributed by atoms with Crippen molar-refractivity contribution in [1.29, 1.82) is 0 Å². The molecule has 1 aliphatic rings. The van der Waals surface area contributed by atoms with Crippen molar-refractivity contribution in [2.45, 2.75) is 63.9 Å². The van der Waals surface area contributed by atoms with Gasteiger partial charge in [-0.2, -0.15) is 13.2 Å². The first-order valence-electron chi connectivity index (χ1n) is 8.55. The van der Waals surface area contributed by atoms with E-state index in [9.17, 15) is 18.3 Å². The molecule has 1 saturated carbocycles. The Kier molecular flexibility index (Phi) is 4.81. The number of aliphatic hydroxyl groups is 1. The van der Waals surface area contributed by atoms with Crippen LogP contribution in [0.4, 0.5) is 13.2 Å². The standard InChI is InChI=1S/C18H23F3N2O2/c1-10(2)17-22-13-8-11(7-12(16(13)25-17)18(19,20)21)9-23(3)14-5-4-6-15(14)24/h7-8,10,14-15,24H,4-6,9H2,1-3H3/t14-,15-/m1/s1. The van der Waals surface area contributed by atoms with Crippen LogP contribution >= 0.6 is 0 Å². The fourth-order valence-corrected chi connectivity index (χ4v) is 3.50. The molecular formula is C18H23F3N2O2. The van der Waals surface area contributed by atoms with E-state index in [1.54, 1.807) is 6.07 Å². The van der Waals surface area contributed by atoms with Crippen LogP contribution in [0.5, 0.6) is 0 Å². The van der Waals surface area contributed by atoms with E-state index in [1.807, 2.05) is 25.8 Å². The number of benzene rings is 1. The maximum Gasteiger partial charge on any atom is 0.420 e. The van der Waals surface area contributed by atoms with Crippen LogP contribution < -0.4 is 0 Å². The smallest absolute Gasteiger partial charge is 0.420 e. The Morgan fingerprint density at radius 3 is 2.60 bits per heavy atom. The van der Waals surface area contributed by atoms with Gasteiger partial charge in [-0.3, -0.25) is 4.90 Å². The zero-order valence-electron chi connectivity index (χ0n) is 14.6. The number of fused-ring (bicyclic) bond motifs is 1. The molecule has 2 aromatic rings. The average molecular weight is 356 g/mol. The molecule has 0 bridgehead atoms. The number of hydrogen-bond donors (Lipinski definition) is 1. The lowest BCUT2D eigenvalue weighted by atomic mass is 10.1. The Hall–Kier alpha value is -1.60. The number of alkyl halides is 3. The lowest BCUT2D eigenvalue weighted by Gasteiger charge is -2.27. The summed E-state index contributed by atoms with van der Waals surface area (Å²) < 4.78 is 45.8. The summed E-state index contributed by atoms with van der Waals surface area (Å²) in [7, 11) is 1.83. The SMILES string of the molecule is CC(C)c1nc2cc(CN(C)[C@@H]3CCC[C@H]3O)cc(C(F)(F)F)c2o1. The molecule has 25 heavy (non-hydrogen) atoms. The van der Waals surface area contributed by atoms with Gasteiger partial charge in [0.2, 0.25) is 0 Å². The van der Waals surface area contributed by atoms with Crippen LogP contribution in [0.3, 0.4) is 0 Å². The van der Waals surface area contributed by atoms with Gasteiger partial charge in [-0.15, -0.1) is 0 Å². The van der Waals surface area contributed by atoms with Crippen LogP contribution in [0.2, 0.25) is 0 Å². The van der Waals surface area contributed by atoms with Crippen LogP contribution in [-0.4, -0.2) is 34.2 Å². The van der Waals surface area contributed by atoms with Crippen molar-refractivity contribution in [2.24, 2.45) is 0 Å². The Morgan fingerprint density at radius 2 is 2.04 bits per heavy atom. The van der Waals surface area contributed by atoms with Crippen LogP contribution in [0.1, 0.15) is 56.0 Å². The number of likely N-dealkylation sites (N-methyl/N-ethyl adjacent to an activating group) is 1. The summed E-state index contributed by atoms with van der Waals surface area (Å²) in [5.74, 6) is 0.213. The molecule has 3 rings (SSSR count). The molecule has 0 spiro atoms.